The summed E-state index contributed by atoms with van der Waals surface area (Å²) in [6.07, 6.45) is 2.42. The molecule has 0 bridgehead atoms. The highest BCUT2D eigenvalue weighted by Gasteiger charge is 2.01. The molecule has 2 heteroatoms. The molecular formula is C12H17ClO. The zero-order chi connectivity index (χ0) is 10.4. The molecule has 0 heterocycles. The fourth-order valence-electron chi connectivity index (χ4n) is 1.37. The Morgan fingerprint density at radius 2 is 2.21 bits per heavy atom. The lowest BCUT2D eigenvalue weighted by Crippen LogP contribution is -2.07. The highest BCUT2D eigenvalue weighted by molar-refractivity contribution is 6.30. The molecule has 78 valence electrons. The summed E-state index contributed by atoms with van der Waals surface area (Å²) >= 11 is 5.84. The molecule has 1 aromatic carbocycles. The zero-order valence-corrected chi connectivity index (χ0v) is 9.55. The Labute approximate surface area is 91.0 Å². The first-order valence-electron chi connectivity index (χ1n) is 5.10. The van der Waals surface area contributed by atoms with Crippen LogP contribution in [0.25, 0.3) is 0 Å². The summed E-state index contributed by atoms with van der Waals surface area (Å²) in [5.41, 5.74) is 0. The quantitative estimate of drug-likeness (QED) is 0.713. The first kappa shape index (κ1) is 11.4. The molecule has 0 aromatic heterocycles. The van der Waals surface area contributed by atoms with Gasteiger partial charge in [0.15, 0.2) is 0 Å². The molecule has 0 aliphatic carbocycles. The summed E-state index contributed by atoms with van der Waals surface area (Å²) in [5, 5.41) is 0.727. The van der Waals surface area contributed by atoms with E-state index in [0.717, 1.165) is 17.4 Å². The van der Waals surface area contributed by atoms with Gasteiger partial charge < -0.3 is 4.74 Å². The average molecular weight is 213 g/mol. The van der Waals surface area contributed by atoms with Crippen LogP contribution in [-0.4, -0.2) is 6.61 Å². The second kappa shape index (κ2) is 5.92. The van der Waals surface area contributed by atoms with Crippen LogP contribution in [0.2, 0.25) is 5.02 Å². The topological polar surface area (TPSA) is 9.23 Å². The fourth-order valence-corrected chi connectivity index (χ4v) is 1.55. The van der Waals surface area contributed by atoms with Crippen molar-refractivity contribution in [3.8, 4) is 5.75 Å². The molecule has 1 unspecified atom stereocenters. The molecule has 0 fully saturated rings. The molecular weight excluding hydrogens is 196 g/mol. The molecule has 0 saturated carbocycles. The highest BCUT2D eigenvalue weighted by Crippen LogP contribution is 2.18. The minimum absolute atomic E-state index is 0.610. The summed E-state index contributed by atoms with van der Waals surface area (Å²) in [7, 11) is 0. The third-order valence-corrected chi connectivity index (χ3v) is 2.35. The van der Waals surface area contributed by atoms with Crippen molar-refractivity contribution in [1.82, 2.24) is 0 Å². The number of hydrogen-bond acceptors (Lipinski definition) is 1. The molecule has 0 N–H and O–H groups in total. The molecule has 0 radical (unpaired) electrons. The Bertz CT molecular complexity index is 273. The van der Waals surface area contributed by atoms with Crippen LogP contribution in [0.15, 0.2) is 24.3 Å². The van der Waals surface area contributed by atoms with E-state index in [1.807, 2.05) is 24.3 Å². The maximum atomic E-state index is 5.84. The lowest BCUT2D eigenvalue weighted by molar-refractivity contribution is 0.251. The van der Waals surface area contributed by atoms with Crippen molar-refractivity contribution in [2.75, 3.05) is 6.61 Å². The van der Waals surface area contributed by atoms with E-state index >= 15 is 0 Å². The van der Waals surface area contributed by atoms with Crippen LogP contribution in [0.1, 0.15) is 26.7 Å². The van der Waals surface area contributed by atoms with Gasteiger partial charge in [0, 0.05) is 5.02 Å². The molecule has 14 heavy (non-hydrogen) atoms. The van der Waals surface area contributed by atoms with Crippen molar-refractivity contribution in [3.63, 3.8) is 0 Å². The van der Waals surface area contributed by atoms with E-state index in [-0.39, 0.29) is 0 Å². The van der Waals surface area contributed by atoms with Crippen molar-refractivity contribution >= 4 is 11.6 Å². The Hall–Kier alpha value is -0.690. The van der Waals surface area contributed by atoms with E-state index in [1.54, 1.807) is 0 Å². The van der Waals surface area contributed by atoms with Crippen LogP contribution in [0.3, 0.4) is 0 Å². The summed E-state index contributed by atoms with van der Waals surface area (Å²) in [5.74, 6) is 1.47. The van der Waals surface area contributed by atoms with E-state index in [4.69, 9.17) is 16.3 Å². The van der Waals surface area contributed by atoms with Gasteiger partial charge in [0.2, 0.25) is 0 Å². The predicted octanol–water partition coefficient (Wildman–Crippen LogP) is 4.16. The van der Waals surface area contributed by atoms with Crippen LogP contribution in [-0.2, 0) is 0 Å². The van der Waals surface area contributed by atoms with Crippen molar-refractivity contribution in [3.05, 3.63) is 29.3 Å². The van der Waals surface area contributed by atoms with E-state index in [9.17, 15) is 0 Å². The first-order chi connectivity index (χ1) is 6.72. The summed E-state index contributed by atoms with van der Waals surface area (Å²) < 4.78 is 5.62. The molecule has 1 atom stereocenters. The van der Waals surface area contributed by atoms with Crippen LogP contribution in [0.5, 0.6) is 5.75 Å². The number of halogens is 1. The van der Waals surface area contributed by atoms with E-state index in [2.05, 4.69) is 13.8 Å². The Kier molecular flexibility index (Phi) is 4.81. The third-order valence-electron chi connectivity index (χ3n) is 2.11. The molecule has 0 saturated heterocycles. The summed E-state index contributed by atoms with van der Waals surface area (Å²) in [6, 6.07) is 7.54. The van der Waals surface area contributed by atoms with Crippen molar-refractivity contribution in [2.24, 2.45) is 5.92 Å². The molecule has 1 aromatic rings. The third kappa shape index (κ3) is 4.01. The van der Waals surface area contributed by atoms with Gasteiger partial charge in [-0.05, 0) is 30.5 Å². The highest BCUT2D eigenvalue weighted by atomic mass is 35.5. The molecule has 1 rings (SSSR count). The first-order valence-corrected chi connectivity index (χ1v) is 5.48. The summed E-state index contributed by atoms with van der Waals surface area (Å²) in [4.78, 5) is 0. The summed E-state index contributed by atoms with van der Waals surface area (Å²) in [6.45, 7) is 5.16. The maximum Gasteiger partial charge on any atom is 0.120 e. The van der Waals surface area contributed by atoms with Gasteiger partial charge >= 0.3 is 0 Å². The van der Waals surface area contributed by atoms with Crippen LogP contribution in [0.4, 0.5) is 0 Å². The largest absolute Gasteiger partial charge is 0.493 e. The second-order valence-electron chi connectivity index (χ2n) is 3.66. The zero-order valence-electron chi connectivity index (χ0n) is 8.79. The van der Waals surface area contributed by atoms with E-state index < -0.39 is 0 Å². The standard InChI is InChI=1S/C12H17ClO/c1-3-5-10(2)9-14-12-7-4-6-11(13)8-12/h4,6-8,10H,3,5,9H2,1-2H3. The predicted molar refractivity (Wildman–Crippen MR) is 61.0 cm³/mol. The maximum absolute atomic E-state index is 5.84. The van der Waals surface area contributed by atoms with Crippen molar-refractivity contribution in [2.45, 2.75) is 26.7 Å². The molecule has 0 amide bonds. The van der Waals surface area contributed by atoms with Gasteiger partial charge in [-0.2, -0.15) is 0 Å². The van der Waals surface area contributed by atoms with Gasteiger partial charge in [-0.1, -0.05) is 37.9 Å². The van der Waals surface area contributed by atoms with Gasteiger partial charge in [0.1, 0.15) is 5.75 Å². The Morgan fingerprint density at radius 3 is 2.86 bits per heavy atom. The number of rotatable bonds is 5. The lowest BCUT2D eigenvalue weighted by atomic mass is 10.1. The van der Waals surface area contributed by atoms with Crippen LogP contribution < -0.4 is 4.74 Å². The number of benzene rings is 1. The van der Waals surface area contributed by atoms with Crippen LogP contribution >= 0.6 is 11.6 Å². The Balaban J connectivity index is 2.37. The van der Waals surface area contributed by atoms with Gasteiger partial charge in [0.05, 0.1) is 6.61 Å². The average Bonchev–Trinajstić information content (AvgIpc) is 2.15. The molecule has 1 nitrogen and oxygen atoms in total. The van der Waals surface area contributed by atoms with Gasteiger partial charge in [-0.3, -0.25) is 0 Å². The monoisotopic (exact) mass is 212 g/mol. The number of ether oxygens (including phenoxy) is 1. The molecule has 0 spiro atoms. The Morgan fingerprint density at radius 1 is 1.43 bits per heavy atom. The normalized spacial score (nSPS) is 12.5. The minimum atomic E-state index is 0.610. The van der Waals surface area contributed by atoms with E-state index in [1.165, 1.54) is 12.8 Å². The van der Waals surface area contributed by atoms with Crippen LogP contribution in [0, 0.1) is 5.92 Å². The SMILES string of the molecule is CCCC(C)COc1cccc(Cl)c1. The van der Waals surface area contributed by atoms with E-state index in [0.29, 0.717) is 5.92 Å². The molecule has 0 aliphatic rings. The second-order valence-corrected chi connectivity index (χ2v) is 4.10. The lowest BCUT2D eigenvalue weighted by Gasteiger charge is -2.11. The minimum Gasteiger partial charge on any atom is -0.493 e. The van der Waals surface area contributed by atoms with Gasteiger partial charge in [-0.25, -0.2) is 0 Å². The molecule has 0 aliphatic heterocycles. The smallest absolute Gasteiger partial charge is 0.120 e. The number of hydrogen-bond donors (Lipinski definition) is 0. The van der Waals surface area contributed by atoms with Crippen molar-refractivity contribution in [1.29, 1.82) is 0 Å². The van der Waals surface area contributed by atoms with Gasteiger partial charge in [0.25, 0.3) is 0 Å². The van der Waals surface area contributed by atoms with Gasteiger partial charge in [-0.15, -0.1) is 0 Å². The van der Waals surface area contributed by atoms with Crippen molar-refractivity contribution < 1.29 is 4.74 Å². The fraction of sp³-hybridized carbons (Fsp3) is 0.500.